The number of hydrogen-bond acceptors (Lipinski definition) is 1. The van der Waals surface area contributed by atoms with E-state index in [1.165, 1.54) is 0 Å². The lowest BCUT2D eigenvalue weighted by atomic mass is 10.1. The summed E-state index contributed by atoms with van der Waals surface area (Å²) in [7, 11) is 0. The maximum atomic E-state index is 5.88. The highest BCUT2D eigenvalue weighted by Gasteiger charge is 2.17. The van der Waals surface area contributed by atoms with Crippen molar-refractivity contribution in [1.29, 1.82) is 0 Å². The van der Waals surface area contributed by atoms with Crippen LogP contribution in [0.3, 0.4) is 0 Å². The number of benzene rings is 1. The second kappa shape index (κ2) is 3.95. The highest BCUT2D eigenvalue weighted by Crippen LogP contribution is 2.25. The minimum Gasteiger partial charge on any atom is -0.260 e. The van der Waals surface area contributed by atoms with E-state index in [9.17, 15) is 0 Å². The van der Waals surface area contributed by atoms with Crippen LogP contribution in [0.5, 0.6) is 0 Å². The summed E-state index contributed by atoms with van der Waals surface area (Å²) in [5, 5.41) is 5.13. The summed E-state index contributed by atoms with van der Waals surface area (Å²) in [5.41, 5.74) is 2.24. The van der Waals surface area contributed by atoms with Crippen LogP contribution in [0, 0.1) is 0 Å². The van der Waals surface area contributed by atoms with Gasteiger partial charge in [-0.1, -0.05) is 23.7 Å². The van der Waals surface area contributed by atoms with Crippen LogP contribution in [-0.4, -0.2) is 9.78 Å². The molecule has 1 heterocycles. The Morgan fingerprint density at radius 2 is 1.69 bits per heavy atom. The average molecular weight is 235 g/mol. The number of aromatic nitrogens is 2. The summed E-state index contributed by atoms with van der Waals surface area (Å²) in [6.07, 6.45) is 1.83. The number of rotatable bonds is 1. The SMILES string of the molecule is CC(C)(C)n1nccc1-c1ccc(Cl)cc1. The van der Waals surface area contributed by atoms with Gasteiger partial charge in [0.2, 0.25) is 0 Å². The minimum absolute atomic E-state index is 0.0154. The van der Waals surface area contributed by atoms with E-state index in [1.807, 2.05) is 41.2 Å². The van der Waals surface area contributed by atoms with Gasteiger partial charge in [-0.2, -0.15) is 5.10 Å². The van der Waals surface area contributed by atoms with Crippen LogP contribution in [0.4, 0.5) is 0 Å². The van der Waals surface area contributed by atoms with Crippen molar-refractivity contribution in [3.05, 3.63) is 41.6 Å². The lowest BCUT2D eigenvalue weighted by Gasteiger charge is -2.22. The van der Waals surface area contributed by atoms with Gasteiger partial charge >= 0.3 is 0 Å². The molecule has 0 N–H and O–H groups in total. The van der Waals surface area contributed by atoms with Gasteiger partial charge in [0.1, 0.15) is 0 Å². The molecule has 1 aromatic heterocycles. The number of halogens is 1. The van der Waals surface area contributed by atoms with E-state index in [0.29, 0.717) is 0 Å². The molecule has 0 aliphatic rings. The molecule has 0 atom stereocenters. The van der Waals surface area contributed by atoms with E-state index in [-0.39, 0.29) is 5.54 Å². The van der Waals surface area contributed by atoms with Gasteiger partial charge in [-0.3, -0.25) is 4.68 Å². The van der Waals surface area contributed by atoms with Crippen molar-refractivity contribution >= 4 is 11.6 Å². The molecular formula is C13H15ClN2. The Bertz CT molecular complexity index is 477. The zero-order valence-corrected chi connectivity index (χ0v) is 10.5. The molecule has 0 spiro atoms. The van der Waals surface area contributed by atoms with Crippen LogP contribution in [0.1, 0.15) is 20.8 Å². The molecule has 1 aromatic carbocycles. The van der Waals surface area contributed by atoms with E-state index < -0.39 is 0 Å². The summed E-state index contributed by atoms with van der Waals surface area (Å²) >= 11 is 5.88. The van der Waals surface area contributed by atoms with Crippen LogP contribution in [0.15, 0.2) is 36.5 Å². The molecule has 0 saturated heterocycles. The maximum Gasteiger partial charge on any atom is 0.0688 e. The number of hydrogen-bond donors (Lipinski definition) is 0. The number of nitrogens with zero attached hydrogens (tertiary/aromatic N) is 2. The zero-order valence-electron chi connectivity index (χ0n) is 9.74. The molecule has 2 nitrogen and oxygen atoms in total. The molecule has 16 heavy (non-hydrogen) atoms. The molecule has 0 aliphatic heterocycles. The largest absolute Gasteiger partial charge is 0.260 e. The Balaban J connectivity index is 2.49. The van der Waals surface area contributed by atoms with Crippen molar-refractivity contribution in [1.82, 2.24) is 9.78 Å². The van der Waals surface area contributed by atoms with Gasteiger partial charge in [-0.05, 0) is 44.5 Å². The van der Waals surface area contributed by atoms with Crippen LogP contribution in [-0.2, 0) is 5.54 Å². The normalized spacial score (nSPS) is 11.8. The molecule has 0 fully saturated rings. The maximum absolute atomic E-state index is 5.88. The van der Waals surface area contributed by atoms with Crippen molar-refractivity contribution in [2.75, 3.05) is 0 Å². The summed E-state index contributed by atoms with van der Waals surface area (Å²) < 4.78 is 2.02. The fraction of sp³-hybridized carbons (Fsp3) is 0.308. The molecule has 0 bridgehead atoms. The predicted octanol–water partition coefficient (Wildman–Crippen LogP) is 3.96. The van der Waals surface area contributed by atoms with Gasteiger partial charge in [0, 0.05) is 11.2 Å². The molecule has 0 aliphatic carbocycles. The summed E-state index contributed by atoms with van der Waals surface area (Å²) in [5.74, 6) is 0. The Morgan fingerprint density at radius 1 is 1.06 bits per heavy atom. The highest BCUT2D eigenvalue weighted by molar-refractivity contribution is 6.30. The zero-order chi connectivity index (χ0) is 11.8. The Morgan fingerprint density at radius 3 is 2.25 bits per heavy atom. The average Bonchev–Trinajstić information content (AvgIpc) is 2.66. The van der Waals surface area contributed by atoms with Crippen molar-refractivity contribution in [3.63, 3.8) is 0 Å². The first-order valence-electron chi connectivity index (χ1n) is 5.29. The van der Waals surface area contributed by atoms with Gasteiger partial charge in [-0.15, -0.1) is 0 Å². The summed E-state index contributed by atoms with van der Waals surface area (Å²) in [6, 6.07) is 9.85. The quantitative estimate of drug-likeness (QED) is 0.730. The van der Waals surface area contributed by atoms with Crippen LogP contribution in [0.25, 0.3) is 11.3 Å². The molecule has 2 rings (SSSR count). The van der Waals surface area contributed by atoms with Crippen molar-refractivity contribution in [3.8, 4) is 11.3 Å². The lowest BCUT2D eigenvalue weighted by molar-refractivity contribution is 0.360. The molecule has 3 heteroatoms. The molecule has 0 unspecified atom stereocenters. The van der Waals surface area contributed by atoms with Crippen molar-refractivity contribution in [2.24, 2.45) is 0 Å². The topological polar surface area (TPSA) is 17.8 Å². The van der Waals surface area contributed by atoms with Gasteiger partial charge in [-0.25, -0.2) is 0 Å². The molecule has 2 aromatic rings. The van der Waals surface area contributed by atoms with Gasteiger partial charge < -0.3 is 0 Å². The van der Waals surface area contributed by atoms with Crippen LogP contribution in [0.2, 0.25) is 5.02 Å². The molecular weight excluding hydrogens is 220 g/mol. The molecule has 0 saturated carbocycles. The van der Waals surface area contributed by atoms with E-state index in [4.69, 9.17) is 11.6 Å². The third-order valence-electron chi connectivity index (χ3n) is 2.42. The molecule has 0 radical (unpaired) electrons. The predicted molar refractivity (Wildman–Crippen MR) is 67.7 cm³/mol. The first-order chi connectivity index (χ1) is 7.48. The minimum atomic E-state index is -0.0154. The third kappa shape index (κ3) is 2.12. The Hall–Kier alpha value is -1.28. The summed E-state index contributed by atoms with van der Waals surface area (Å²) in [6.45, 7) is 6.41. The fourth-order valence-corrected chi connectivity index (χ4v) is 1.80. The van der Waals surface area contributed by atoms with E-state index in [2.05, 4.69) is 25.9 Å². The van der Waals surface area contributed by atoms with E-state index in [1.54, 1.807) is 0 Å². The summed E-state index contributed by atoms with van der Waals surface area (Å²) in [4.78, 5) is 0. The van der Waals surface area contributed by atoms with Gasteiger partial charge in [0.25, 0.3) is 0 Å². The van der Waals surface area contributed by atoms with Gasteiger partial charge in [0.15, 0.2) is 0 Å². The molecule has 0 amide bonds. The first kappa shape index (κ1) is 11.2. The monoisotopic (exact) mass is 234 g/mol. The smallest absolute Gasteiger partial charge is 0.0688 e. The van der Waals surface area contributed by atoms with Crippen molar-refractivity contribution < 1.29 is 0 Å². The van der Waals surface area contributed by atoms with E-state index >= 15 is 0 Å². The van der Waals surface area contributed by atoms with E-state index in [0.717, 1.165) is 16.3 Å². The third-order valence-corrected chi connectivity index (χ3v) is 2.67. The van der Waals surface area contributed by atoms with Crippen LogP contribution >= 0.6 is 11.6 Å². The Kier molecular flexibility index (Phi) is 2.76. The molecule has 84 valence electrons. The lowest BCUT2D eigenvalue weighted by Crippen LogP contribution is -2.23. The highest BCUT2D eigenvalue weighted by atomic mass is 35.5. The van der Waals surface area contributed by atoms with Gasteiger partial charge in [0.05, 0.1) is 11.2 Å². The van der Waals surface area contributed by atoms with Crippen LogP contribution < -0.4 is 0 Å². The first-order valence-corrected chi connectivity index (χ1v) is 5.67. The second-order valence-electron chi connectivity index (χ2n) is 4.81. The van der Waals surface area contributed by atoms with Crippen molar-refractivity contribution in [2.45, 2.75) is 26.3 Å². The second-order valence-corrected chi connectivity index (χ2v) is 5.24. The standard InChI is InChI=1S/C13H15ClN2/c1-13(2,3)16-12(8-9-15-16)10-4-6-11(14)7-5-10/h4-9H,1-3H3. The Labute approximate surface area is 101 Å². The fourth-order valence-electron chi connectivity index (χ4n) is 1.68.